The van der Waals surface area contributed by atoms with E-state index in [2.05, 4.69) is 5.32 Å². The smallest absolute Gasteiger partial charge is 0.344 e. The van der Waals surface area contributed by atoms with Gasteiger partial charge in [-0.25, -0.2) is 4.79 Å². The Bertz CT molecular complexity index is 803. The predicted molar refractivity (Wildman–Crippen MR) is 104 cm³/mol. The summed E-state index contributed by atoms with van der Waals surface area (Å²) in [5.41, 5.74) is 0.185. The van der Waals surface area contributed by atoms with E-state index in [1.807, 2.05) is 0 Å². The van der Waals surface area contributed by atoms with Crippen LogP contribution in [0.4, 0.5) is 5.69 Å². The summed E-state index contributed by atoms with van der Waals surface area (Å²) >= 11 is 17.8. The number of nitrogens with one attached hydrogen (secondary N) is 1. The number of ether oxygens (including phenoxy) is 3. The Balaban J connectivity index is 1.87. The minimum atomic E-state index is -1.08. The predicted octanol–water partition coefficient (Wildman–Crippen LogP) is 4.60. The summed E-state index contributed by atoms with van der Waals surface area (Å²) in [4.78, 5) is 24.1. The van der Waals surface area contributed by atoms with Gasteiger partial charge >= 0.3 is 5.97 Å². The first-order valence-electron chi connectivity index (χ1n) is 7.72. The summed E-state index contributed by atoms with van der Waals surface area (Å²) in [6.07, 6.45) is -1.08. The molecule has 2 rings (SSSR count). The van der Waals surface area contributed by atoms with Crippen LogP contribution in [0, 0.1) is 0 Å². The molecule has 1 N–H and O–H groups in total. The maximum absolute atomic E-state index is 12.2. The number of amides is 1. The van der Waals surface area contributed by atoms with Gasteiger partial charge in [-0.1, -0.05) is 34.8 Å². The van der Waals surface area contributed by atoms with Gasteiger partial charge in [-0.05, 0) is 43.3 Å². The average molecular weight is 433 g/mol. The molecule has 1 unspecified atom stereocenters. The van der Waals surface area contributed by atoms with E-state index in [0.29, 0.717) is 16.5 Å². The third kappa shape index (κ3) is 6.20. The van der Waals surface area contributed by atoms with Gasteiger partial charge in [-0.3, -0.25) is 4.79 Å². The fourth-order valence-electron chi connectivity index (χ4n) is 1.99. The van der Waals surface area contributed by atoms with E-state index in [1.165, 1.54) is 19.1 Å². The Morgan fingerprint density at radius 2 is 1.59 bits per heavy atom. The van der Waals surface area contributed by atoms with Gasteiger partial charge in [-0.2, -0.15) is 0 Å². The fraction of sp³-hybridized carbons (Fsp3) is 0.222. The van der Waals surface area contributed by atoms with Crippen molar-refractivity contribution in [1.82, 2.24) is 0 Å². The molecule has 0 aliphatic heterocycles. The third-order valence-corrected chi connectivity index (χ3v) is 4.16. The van der Waals surface area contributed by atoms with Crippen molar-refractivity contribution in [2.24, 2.45) is 0 Å². The van der Waals surface area contributed by atoms with Crippen LogP contribution in [0.25, 0.3) is 0 Å². The molecule has 0 heterocycles. The molecule has 2 aromatic rings. The quantitative estimate of drug-likeness (QED) is 0.647. The van der Waals surface area contributed by atoms with Gasteiger partial charge < -0.3 is 19.5 Å². The Kier molecular flexibility index (Phi) is 7.59. The largest absolute Gasteiger partial charge is 0.497 e. The normalized spacial score (nSPS) is 11.4. The SMILES string of the molecule is COc1ccc(OCC(=O)OC(C)C(=O)Nc2c(Cl)cc(Cl)cc2Cl)cc1. The lowest BCUT2D eigenvalue weighted by Gasteiger charge is -2.15. The maximum Gasteiger partial charge on any atom is 0.344 e. The van der Waals surface area contributed by atoms with Crippen LogP contribution in [0.2, 0.25) is 15.1 Å². The standard InChI is InChI=1S/C18H16Cl3NO5/c1-10(18(24)22-17-14(20)7-11(19)8-15(17)21)27-16(23)9-26-13-5-3-12(25-2)4-6-13/h3-8,10H,9H2,1-2H3,(H,22,24). The molecule has 0 bridgehead atoms. The lowest BCUT2D eigenvalue weighted by molar-refractivity contribution is -0.155. The van der Waals surface area contributed by atoms with Gasteiger partial charge in [0, 0.05) is 5.02 Å². The first-order chi connectivity index (χ1) is 12.8. The summed E-state index contributed by atoms with van der Waals surface area (Å²) in [7, 11) is 1.55. The van der Waals surface area contributed by atoms with E-state index in [1.54, 1.807) is 31.4 Å². The van der Waals surface area contributed by atoms with Crippen LogP contribution in [0.1, 0.15) is 6.92 Å². The molecular weight excluding hydrogens is 417 g/mol. The maximum atomic E-state index is 12.2. The number of benzene rings is 2. The highest BCUT2D eigenvalue weighted by Gasteiger charge is 2.20. The molecule has 0 aliphatic rings. The van der Waals surface area contributed by atoms with Gasteiger partial charge in [0.05, 0.1) is 22.8 Å². The van der Waals surface area contributed by atoms with Gasteiger partial charge in [0.2, 0.25) is 0 Å². The molecule has 0 fully saturated rings. The van der Waals surface area contributed by atoms with Gasteiger partial charge in [0.15, 0.2) is 12.7 Å². The van der Waals surface area contributed by atoms with Crippen LogP contribution >= 0.6 is 34.8 Å². The fourth-order valence-corrected chi connectivity index (χ4v) is 2.90. The highest BCUT2D eigenvalue weighted by molar-refractivity contribution is 6.42. The molecule has 6 nitrogen and oxygen atoms in total. The monoisotopic (exact) mass is 431 g/mol. The molecule has 0 saturated heterocycles. The summed E-state index contributed by atoms with van der Waals surface area (Å²) in [5, 5.41) is 3.17. The van der Waals surface area contributed by atoms with Crippen molar-refractivity contribution in [1.29, 1.82) is 0 Å². The van der Waals surface area contributed by atoms with Gasteiger partial charge in [-0.15, -0.1) is 0 Å². The number of anilines is 1. The summed E-state index contributed by atoms with van der Waals surface area (Å²) in [5.74, 6) is -0.181. The summed E-state index contributed by atoms with van der Waals surface area (Å²) < 4.78 is 15.4. The molecular formula is C18H16Cl3NO5. The zero-order chi connectivity index (χ0) is 20.0. The molecule has 0 aromatic heterocycles. The van der Waals surface area contributed by atoms with E-state index in [0.717, 1.165) is 0 Å². The number of carbonyl (C=O) groups excluding carboxylic acids is 2. The Hall–Kier alpha value is -2.15. The second kappa shape index (κ2) is 9.69. The number of methoxy groups -OCH3 is 1. The lowest BCUT2D eigenvalue weighted by Crippen LogP contribution is -2.31. The first kappa shape index (κ1) is 21.2. The summed E-state index contributed by atoms with van der Waals surface area (Å²) in [6.45, 7) is 1.06. The Morgan fingerprint density at radius 3 is 2.15 bits per heavy atom. The highest BCUT2D eigenvalue weighted by Crippen LogP contribution is 2.33. The molecule has 27 heavy (non-hydrogen) atoms. The van der Waals surface area contributed by atoms with E-state index in [9.17, 15) is 9.59 Å². The molecule has 0 radical (unpaired) electrons. The summed E-state index contributed by atoms with van der Waals surface area (Å²) in [6, 6.07) is 9.54. The zero-order valence-corrected chi connectivity index (χ0v) is 16.7. The molecule has 1 atom stereocenters. The van der Waals surface area contributed by atoms with Crippen molar-refractivity contribution in [3.63, 3.8) is 0 Å². The Labute approximate surface area is 171 Å². The van der Waals surface area contributed by atoms with Crippen LogP contribution < -0.4 is 14.8 Å². The van der Waals surface area contributed by atoms with E-state index in [4.69, 9.17) is 49.0 Å². The minimum Gasteiger partial charge on any atom is -0.497 e. The zero-order valence-electron chi connectivity index (χ0n) is 14.4. The minimum absolute atomic E-state index is 0.169. The van der Waals surface area contributed by atoms with Crippen LogP contribution in [0.3, 0.4) is 0 Å². The topological polar surface area (TPSA) is 73.9 Å². The number of halogens is 3. The van der Waals surface area contributed by atoms with Crippen LogP contribution in [0.15, 0.2) is 36.4 Å². The molecule has 0 spiro atoms. The van der Waals surface area contributed by atoms with Crippen molar-refractivity contribution < 1.29 is 23.8 Å². The molecule has 1 amide bonds. The van der Waals surface area contributed by atoms with Crippen molar-refractivity contribution in [2.45, 2.75) is 13.0 Å². The number of carbonyl (C=O) groups is 2. The lowest BCUT2D eigenvalue weighted by atomic mass is 10.3. The second-order valence-electron chi connectivity index (χ2n) is 5.33. The molecule has 144 valence electrons. The van der Waals surface area contributed by atoms with Gasteiger partial charge in [0.25, 0.3) is 5.91 Å². The first-order valence-corrected chi connectivity index (χ1v) is 8.85. The third-order valence-electron chi connectivity index (χ3n) is 3.35. The molecule has 2 aromatic carbocycles. The van der Waals surface area contributed by atoms with Crippen molar-refractivity contribution >= 4 is 52.4 Å². The average Bonchev–Trinajstić information content (AvgIpc) is 2.63. The Morgan fingerprint density at radius 1 is 1.04 bits per heavy atom. The van der Waals surface area contributed by atoms with E-state index >= 15 is 0 Å². The van der Waals surface area contributed by atoms with Crippen molar-refractivity contribution in [3.05, 3.63) is 51.5 Å². The molecule has 9 heteroatoms. The number of rotatable bonds is 7. The number of hydrogen-bond acceptors (Lipinski definition) is 5. The highest BCUT2D eigenvalue weighted by atomic mass is 35.5. The second-order valence-corrected chi connectivity index (χ2v) is 6.58. The molecule has 0 saturated carbocycles. The number of esters is 1. The van der Waals surface area contributed by atoms with Crippen LogP contribution in [-0.2, 0) is 14.3 Å². The van der Waals surface area contributed by atoms with Crippen LogP contribution in [-0.4, -0.2) is 31.7 Å². The van der Waals surface area contributed by atoms with Crippen LogP contribution in [0.5, 0.6) is 11.5 Å². The van der Waals surface area contributed by atoms with Crippen molar-refractivity contribution in [3.8, 4) is 11.5 Å². The van der Waals surface area contributed by atoms with Gasteiger partial charge in [0.1, 0.15) is 11.5 Å². The molecule has 0 aliphatic carbocycles. The number of hydrogen-bond donors (Lipinski definition) is 1. The van der Waals surface area contributed by atoms with E-state index < -0.39 is 18.0 Å². The van der Waals surface area contributed by atoms with Crippen molar-refractivity contribution in [2.75, 3.05) is 19.0 Å². The van der Waals surface area contributed by atoms with E-state index in [-0.39, 0.29) is 22.3 Å².